The van der Waals surface area contributed by atoms with Gasteiger partial charge in [0, 0.05) is 29.6 Å². The Morgan fingerprint density at radius 1 is 1.07 bits per heavy atom. The highest BCUT2D eigenvalue weighted by molar-refractivity contribution is 6.30. The van der Waals surface area contributed by atoms with Crippen LogP contribution in [0.5, 0.6) is 0 Å². The second kappa shape index (κ2) is 7.73. The van der Waals surface area contributed by atoms with Gasteiger partial charge in [0.1, 0.15) is 11.3 Å². The summed E-state index contributed by atoms with van der Waals surface area (Å²) in [5.41, 5.74) is 2.31. The Kier molecular flexibility index (Phi) is 4.97. The van der Waals surface area contributed by atoms with Crippen LogP contribution in [0.2, 0.25) is 5.02 Å². The molecule has 0 aliphatic rings. The zero-order valence-electron chi connectivity index (χ0n) is 15.1. The molecule has 0 atom stereocenters. The number of imidazole rings is 1. The summed E-state index contributed by atoms with van der Waals surface area (Å²) in [6.07, 6.45) is 3.53. The number of aromatic nitrogens is 2. The summed E-state index contributed by atoms with van der Waals surface area (Å²) in [4.78, 5) is 28.1. The standard InChI is InChI=1S/C21H15ClN4O3/c22-16-7-9-20-24-17(13-25(20)12-16)11-23-18-8-6-15(10-19(18)26(28)29)21(27)14-4-2-1-3-5-14/h1-10,12-13,23H,11H2. The number of hydrogen-bond donors (Lipinski definition) is 1. The van der Waals surface area contributed by atoms with E-state index in [0.29, 0.717) is 22.0 Å². The van der Waals surface area contributed by atoms with Crippen molar-refractivity contribution >= 4 is 34.4 Å². The third-order valence-electron chi connectivity index (χ3n) is 4.42. The van der Waals surface area contributed by atoms with Crippen LogP contribution in [0, 0.1) is 10.1 Å². The van der Waals surface area contributed by atoms with Gasteiger partial charge in [-0.3, -0.25) is 14.9 Å². The number of ketones is 1. The van der Waals surface area contributed by atoms with Crippen molar-refractivity contribution in [2.45, 2.75) is 6.54 Å². The average molecular weight is 407 g/mol. The molecule has 2 aromatic carbocycles. The van der Waals surface area contributed by atoms with Gasteiger partial charge in [-0.05, 0) is 24.3 Å². The molecule has 1 N–H and O–H groups in total. The molecule has 2 aromatic heterocycles. The van der Waals surface area contributed by atoms with Crippen LogP contribution in [0.15, 0.2) is 73.1 Å². The first-order valence-corrected chi connectivity index (χ1v) is 9.14. The van der Waals surface area contributed by atoms with E-state index in [4.69, 9.17) is 11.6 Å². The first kappa shape index (κ1) is 18.6. The van der Waals surface area contributed by atoms with Crippen molar-refractivity contribution in [3.8, 4) is 0 Å². The number of carbonyl (C=O) groups is 1. The number of carbonyl (C=O) groups excluding carboxylic acids is 1. The van der Waals surface area contributed by atoms with E-state index in [1.54, 1.807) is 71.4 Å². The number of anilines is 1. The Morgan fingerprint density at radius 2 is 1.86 bits per heavy atom. The van der Waals surface area contributed by atoms with Crippen LogP contribution in [0.25, 0.3) is 5.65 Å². The van der Waals surface area contributed by atoms with Crippen LogP contribution in [0.1, 0.15) is 21.6 Å². The Bertz CT molecular complexity index is 1220. The van der Waals surface area contributed by atoms with Gasteiger partial charge in [0.05, 0.1) is 22.2 Å². The Balaban J connectivity index is 1.58. The maximum absolute atomic E-state index is 12.6. The van der Waals surface area contributed by atoms with Crippen LogP contribution in [-0.2, 0) is 6.54 Å². The van der Waals surface area contributed by atoms with Gasteiger partial charge < -0.3 is 9.72 Å². The van der Waals surface area contributed by atoms with E-state index in [-0.39, 0.29) is 23.6 Å². The molecule has 8 heteroatoms. The van der Waals surface area contributed by atoms with E-state index in [1.807, 2.05) is 0 Å². The fraction of sp³-hybridized carbons (Fsp3) is 0.0476. The number of pyridine rings is 1. The summed E-state index contributed by atoms with van der Waals surface area (Å²) in [7, 11) is 0. The number of nitro benzene ring substituents is 1. The quantitative estimate of drug-likeness (QED) is 0.284. The summed E-state index contributed by atoms with van der Waals surface area (Å²) in [6.45, 7) is 0.284. The van der Waals surface area contributed by atoms with Crippen LogP contribution in [0.3, 0.4) is 0 Å². The number of fused-ring (bicyclic) bond motifs is 1. The fourth-order valence-electron chi connectivity index (χ4n) is 3.02. The van der Waals surface area contributed by atoms with E-state index in [2.05, 4.69) is 10.3 Å². The summed E-state index contributed by atoms with van der Waals surface area (Å²) >= 11 is 5.97. The maximum Gasteiger partial charge on any atom is 0.293 e. The lowest BCUT2D eigenvalue weighted by Crippen LogP contribution is -2.06. The molecule has 0 fully saturated rings. The topological polar surface area (TPSA) is 89.5 Å². The normalized spacial score (nSPS) is 10.8. The number of halogens is 1. The number of nitrogens with zero attached hydrogens (tertiary/aromatic N) is 3. The first-order valence-electron chi connectivity index (χ1n) is 8.76. The van der Waals surface area contributed by atoms with Gasteiger partial charge in [0.2, 0.25) is 0 Å². The van der Waals surface area contributed by atoms with Gasteiger partial charge in [-0.25, -0.2) is 4.98 Å². The minimum Gasteiger partial charge on any atom is -0.374 e. The molecule has 0 saturated heterocycles. The number of rotatable bonds is 6. The summed E-state index contributed by atoms with van der Waals surface area (Å²) in [5, 5.41) is 15.2. The lowest BCUT2D eigenvalue weighted by Gasteiger charge is -2.07. The monoisotopic (exact) mass is 406 g/mol. The van der Waals surface area contributed by atoms with Crippen LogP contribution < -0.4 is 5.32 Å². The zero-order chi connectivity index (χ0) is 20.4. The van der Waals surface area contributed by atoms with Crippen molar-refractivity contribution < 1.29 is 9.72 Å². The molecule has 4 aromatic rings. The Hall–Kier alpha value is -3.71. The molecule has 0 saturated carbocycles. The van der Waals surface area contributed by atoms with E-state index in [1.165, 1.54) is 6.07 Å². The second-order valence-electron chi connectivity index (χ2n) is 6.38. The summed E-state index contributed by atoms with van der Waals surface area (Å²) < 4.78 is 1.79. The molecule has 0 bridgehead atoms. The minimum atomic E-state index is -0.506. The van der Waals surface area contributed by atoms with E-state index in [0.717, 1.165) is 5.65 Å². The smallest absolute Gasteiger partial charge is 0.293 e. The van der Waals surface area contributed by atoms with E-state index in [9.17, 15) is 14.9 Å². The molecule has 0 aliphatic carbocycles. The van der Waals surface area contributed by atoms with Gasteiger partial charge in [0.25, 0.3) is 5.69 Å². The molecule has 0 aliphatic heterocycles. The highest BCUT2D eigenvalue weighted by Gasteiger charge is 2.18. The first-order chi connectivity index (χ1) is 14.0. The lowest BCUT2D eigenvalue weighted by atomic mass is 10.0. The summed E-state index contributed by atoms with van der Waals surface area (Å²) in [5.74, 6) is -0.266. The fourth-order valence-corrected chi connectivity index (χ4v) is 3.19. The largest absolute Gasteiger partial charge is 0.374 e. The van der Waals surface area contributed by atoms with Crippen molar-refractivity contribution in [3.05, 3.63) is 105 Å². The molecule has 2 heterocycles. The third kappa shape index (κ3) is 3.95. The predicted molar refractivity (Wildman–Crippen MR) is 110 cm³/mol. The molecular weight excluding hydrogens is 392 g/mol. The molecule has 0 spiro atoms. The van der Waals surface area contributed by atoms with Crippen molar-refractivity contribution in [1.29, 1.82) is 0 Å². The molecule has 144 valence electrons. The van der Waals surface area contributed by atoms with Gasteiger partial charge in [-0.1, -0.05) is 41.9 Å². The lowest BCUT2D eigenvalue weighted by molar-refractivity contribution is -0.384. The number of nitro groups is 1. The minimum absolute atomic E-state index is 0.168. The van der Waals surface area contributed by atoms with Gasteiger partial charge in [-0.2, -0.15) is 0 Å². The third-order valence-corrected chi connectivity index (χ3v) is 4.64. The summed E-state index contributed by atoms with van der Waals surface area (Å²) in [6, 6.07) is 16.6. The van der Waals surface area contributed by atoms with Gasteiger partial charge >= 0.3 is 0 Å². The maximum atomic E-state index is 12.6. The van der Waals surface area contributed by atoms with Crippen LogP contribution in [-0.4, -0.2) is 20.1 Å². The zero-order valence-corrected chi connectivity index (χ0v) is 15.8. The highest BCUT2D eigenvalue weighted by atomic mass is 35.5. The number of hydrogen-bond acceptors (Lipinski definition) is 5. The molecule has 0 amide bonds. The molecule has 0 unspecified atom stereocenters. The molecule has 4 rings (SSSR count). The number of benzene rings is 2. The highest BCUT2D eigenvalue weighted by Crippen LogP contribution is 2.27. The Morgan fingerprint density at radius 3 is 2.62 bits per heavy atom. The SMILES string of the molecule is O=C(c1ccccc1)c1ccc(NCc2cn3cc(Cl)ccc3n2)c([N+](=O)[O-])c1. The average Bonchev–Trinajstić information content (AvgIpc) is 3.14. The predicted octanol–water partition coefficient (Wildman–Crippen LogP) is 4.74. The molecule has 7 nitrogen and oxygen atoms in total. The van der Waals surface area contributed by atoms with E-state index < -0.39 is 4.92 Å². The molecule has 29 heavy (non-hydrogen) atoms. The van der Waals surface area contributed by atoms with Crippen molar-refractivity contribution in [2.24, 2.45) is 0 Å². The van der Waals surface area contributed by atoms with E-state index >= 15 is 0 Å². The molecular formula is C21H15ClN4O3. The van der Waals surface area contributed by atoms with Gasteiger partial charge in [0.15, 0.2) is 5.78 Å². The number of nitrogens with one attached hydrogen (secondary N) is 1. The van der Waals surface area contributed by atoms with Crippen molar-refractivity contribution in [2.75, 3.05) is 5.32 Å². The second-order valence-corrected chi connectivity index (χ2v) is 6.82. The van der Waals surface area contributed by atoms with Gasteiger partial charge in [-0.15, -0.1) is 0 Å². The van der Waals surface area contributed by atoms with Crippen LogP contribution in [0.4, 0.5) is 11.4 Å². The molecule has 0 radical (unpaired) electrons. The van der Waals surface area contributed by atoms with Crippen molar-refractivity contribution in [3.63, 3.8) is 0 Å². The van der Waals surface area contributed by atoms with Crippen molar-refractivity contribution in [1.82, 2.24) is 9.38 Å². The van der Waals surface area contributed by atoms with Crippen LogP contribution >= 0.6 is 11.6 Å². The Labute approximate surface area is 170 Å².